The quantitative estimate of drug-likeness (QED) is 0.338. The Hall–Kier alpha value is -3.96. The lowest BCUT2D eigenvalue weighted by Gasteiger charge is -2.10. The third kappa shape index (κ3) is 4.11. The molecule has 0 radical (unpaired) electrons. The fraction of sp³-hybridized carbons (Fsp3) is 0.0385. The van der Waals surface area contributed by atoms with Gasteiger partial charge in [0.05, 0.1) is 16.9 Å². The number of nitrogen functional groups attached to an aromatic ring is 1. The molecule has 5 aromatic rings. The standard InChI is InChI=1S/C26H19ClN4O/c1-16-2-4-17(5-3-16)22-15-23(31-26(28)30-22)18-6-9-20(10-7-18)32-25-12-13-29-24-14-19(27)8-11-21(24)25/h2-15H,1H3,(H2,28,30,31). The normalized spacial score (nSPS) is 10.9. The van der Waals surface area contributed by atoms with Gasteiger partial charge in [-0.1, -0.05) is 41.4 Å². The summed E-state index contributed by atoms with van der Waals surface area (Å²) in [5.74, 6) is 1.66. The summed E-state index contributed by atoms with van der Waals surface area (Å²) in [6, 6.07) is 25.2. The molecular weight excluding hydrogens is 420 g/mol. The van der Waals surface area contributed by atoms with Gasteiger partial charge >= 0.3 is 0 Å². The summed E-state index contributed by atoms with van der Waals surface area (Å²) in [4.78, 5) is 13.2. The number of nitrogens with zero attached hydrogens (tertiary/aromatic N) is 3. The Morgan fingerprint density at radius 2 is 1.44 bits per heavy atom. The molecule has 6 heteroatoms. The van der Waals surface area contributed by atoms with E-state index in [0.717, 1.165) is 33.4 Å². The minimum atomic E-state index is 0.236. The van der Waals surface area contributed by atoms with Crippen LogP contribution in [0.3, 0.4) is 0 Å². The van der Waals surface area contributed by atoms with Crippen molar-refractivity contribution in [3.05, 3.63) is 95.6 Å². The molecule has 0 spiro atoms. The van der Waals surface area contributed by atoms with Crippen LogP contribution in [-0.2, 0) is 0 Å². The number of fused-ring (bicyclic) bond motifs is 1. The lowest BCUT2D eigenvalue weighted by atomic mass is 10.1. The highest BCUT2D eigenvalue weighted by Gasteiger charge is 2.09. The minimum absolute atomic E-state index is 0.236. The maximum atomic E-state index is 6.11. The zero-order valence-corrected chi connectivity index (χ0v) is 18.0. The zero-order chi connectivity index (χ0) is 22.1. The van der Waals surface area contributed by atoms with Gasteiger partial charge in [0.1, 0.15) is 11.5 Å². The molecule has 2 heterocycles. The van der Waals surface area contributed by atoms with Gasteiger partial charge in [-0.3, -0.25) is 4.98 Å². The lowest BCUT2D eigenvalue weighted by molar-refractivity contribution is 0.488. The van der Waals surface area contributed by atoms with E-state index in [-0.39, 0.29) is 5.95 Å². The van der Waals surface area contributed by atoms with Gasteiger partial charge in [-0.15, -0.1) is 0 Å². The Bertz CT molecular complexity index is 1420. The molecule has 0 fully saturated rings. The Labute approximate surface area is 190 Å². The monoisotopic (exact) mass is 438 g/mol. The molecule has 0 saturated heterocycles. The fourth-order valence-corrected chi connectivity index (χ4v) is 3.66. The summed E-state index contributed by atoms with van der Waals surface area (Å²) in [6.45, 7) is 2.05. The molecule has 2 N–H and O–H groups in total. The molecule has 0 aliphatic carbocycles. The Morgan fingerprint density at radius 1 is 0.781 bits per heavy atom. The van der Waals surface area contributed by atoms with Crippen LogP contribution in [0.5, 0.6) is 11.5 Å². The minimum Gasteiger partial charge on any atom is -0.457 e. The van der Waals surface area contributed by atoms with Crippen LogP contribution in [0, 0.1) is 6.92 Å². The maximum Gasteiger partial charge on any atom is 0.221 e. The number of aromatic nitrogens is 3. The molecule has 2 aromatic heterocycles. The van der Waals surface area contributed by atoms with Crippen LogP contribution < -0.4 is 10.5 Å². The molecule has 0 amide bonds. The van der Waals surface area contributed by atoms with Crippen LogP contribution >= 0.6 is 11.6 Å². The van der Waals surface area contributed by atoms with Crippen molar-refractivity contribution in [3.63, 3.8) is 0 Å². The van der Waals surface area contributed by atoms with Gasteiger partial charge in [-0.05, 0) is 61.5 Å². The first-order chi connectivity index (χ1) is 15.5. The second kappa shape index (κ2) is 8.29. The van der Waals surface area contributed by atoms with Crippen molar-refractivity contribution in [2.24, 2.45) is 0 Å². The molecule has 3 aromatic carbocycles. The Balaban J connectivity index is 1.44. The van der Waals surface area contributed by atoms with Crippen LogP contribution in [-0.4, -0.2) is 15.0 Å². The highest BCUT2D eigenvalue weighted by molar-refractivity contribution is 6.31. The third-order valence-corrected chi connectivity index (χ3v) is 5.37. The first-order valence-electron chi connectivity index (χ1n) is 10.1. The first-order valence-corrected chi connectivity index (χ1v) is 10.5. The van der Waals surface area contributed by atoms with Crippen molar-refractivity contribution < 1.29 is 4.74 Å². The number of rotatable bonds is 4. The molecule has 0 saturated carbocycles. The van der Waals surface area contributed by atoms with Crippen molar-refractivity contribution in [2.75, 3.05) is 5.73 Å². The number of ether oxygens (including phenoxy) is 1. The van der Waals surface area contributed by atoms with Gasteiger partial charge in [0, 0.05) is 27.7 Å². The molecule has 0 aliphatic rings. The molecule has 32 heavy (non-hydrogen) atoms. The number of hydrogen-bond acceptors (Lipinski definition) is 5. The second-order valence-electron chi connectivity index (χ2n) is 7.46. The molecule has 0 unspecified atom stereocenters. The third-order valence-electron chi connectivity index (χ3n) is 5.13. The van der Waals surface area contributed by atoms with Gasteiger partial charge in [-0.2, -0.15) is 0 Å². The van der Waals surface area contributed by atoms with Gasteiger partial charge in [0.2, 0.25) is 5.95 Å². The van der Waals surface area contributed by atoms with Gasteiger partial charge < -0.3 is 10.5 Å². The number of pyridine rings is 1. The van der Waals surface area contributed by atoms with Crippen LogP contribution in [0.4, 0.5) is 5.95 Å². The Morgan fingerprint density at radius 3 is 2.12 bits per heavy atom. The average Bonchev–Trinajstić information content (AvgIpc) is 2.79. The van der Waals surface area contributed by atoms with Crippen molar-refractivity contribution in [3.8, 4) is 34.0 Å². The average molecular weight is 439 g/mol. The van der Waals surface area contributed by atoms with E-state index in [0.29, 0.717) is 16.5 Å². The van der Waals surface area contributed by atoms with E-state index in [1.54, 1.807) is 6.20 Å². The number of aryl methyl sites for hydroxylation is 1. The number of nitrogens with two attached hydrogens (primary N) is 1. The van der Waals surface area contributed by atoms with Crippen molar-refractivity contribution in [1.82, 2.24) is 15.0 Å². The van der Waals surface area contributed by atoms with Crippen LogP contribution in [0.2, 0.25) is 5.02 Å². The van der Waals surface area contributed by atoms with E-state index in [1.807, 2.05) is 66.7 Å². The van der Waals surface area contributed by atoms with Gasteiger partial charge in [-0.25, -0.2) is 9.97 Å². The molecule has 5 rings (SSSR count). The van der Waals surface area contributed by atoms with E-state index >= 15 is 0 Å². The van der Waals surface area contributed by atoms with E-state index < -0.39 is 0 Å². The zero-order valence-electron chi connectivity index (χ0n) is 17.3. The smallest absolute Gasteiger partial charge is 0.221 e. The largest absolute Gasteiger partial charge is 0.457 e. The summed E-state index contributed by atoms with van der Waals surface area (Å²) in [6.07, 6.45) is 1.71. The first kappa shape index (κ1) is 20.0. The van der Waals surface area contributed by atoms with Gasteiger partial charge in [0.15, 0.2) is 0 Å². The maximum absolute atomic E-state index is 6.11. The number of benzene rings is 3. The SMILES string of the molecule is Cc1ccc(-c2cc(-c3ccc(Oc4ccnc5cc(Cl)ccc45)cc3)nc(N)n2)cc1. The molecule has 5 nitrogen and oxygen atoms in total. The second-order valence-corrected chi connectivity index (χ2v) is 7.90. The van der Waals surface area contributed by atoms with Crippen molar-refractivity contribution >= 4 is 28.5 Å². The van der Waals surface area contributed by atoms with Crippen molar-refractivity contribution in [2.45, 2.75) is 6.92 Å². The predicted octanol–water partition coefficient (Wildman–Crippen LogP) is 6.70. The van der Waals surface area contributed by atoms with Crippen LogP contribution in [0.25, 0.3) is 33.4 Å². The summed E-state index contributed by atoms with van der Waals surface area (Å²) in [5, 5.41) is 1.54. The lowest BCUT2D eigenvalue weighted by Crippen LogP contribution is -1.98. The predicted molar refractivity (Wildman–Crippen MR) is 129 cm³/mol. The topological polar surface area (TPSA) is 73.9 Å². The molecule has 0 aliphatic heterocycles. The number of hydrogen-bond donors (Lipinski definition) is 1. The van der Waals surface area contributed by atoms with E-state index in [2.05, 4.69) is 34.0 Å². The molecule has 156 valence electrons. The summed E-state index contributed by atoms with van der Waals surface area (Å²) in [7, 11) is 0. The van der Waals surface area contributed by atoms with E-state index in [4.69, 9.17) is 22.1 Å². The number of anilines is 1. The highest BCUT2D eigenvalue weighted by atomic mass is 35.5. The highest BCUT2D eigenvalue weighted by Crippen LogP contribution is 2.32. The number of halogens is 1. The van der Waals surface area contributed by atoms with Gasteiger partial charge in [0.25, 0.3) is 0 Å². The van der Waals surface area contributed by atoms with E-state index in [9.17, 15) is 0 Å². The van der Waals surface area contributed by atoms with Crippen LogP contribution in [0.15, 0.2) is 85.1 Å². The fourth-order valence-electron chi connectivity index (χ4n) is 3.49. The Kier molecular flexibility index (Phi) is 5.17. The summed E-state index contributed by atoms with van der Waals surface area (Å²) in [5.41, 5.74) is 11.4. The summed E-state index contributed by atoms with van der Waals surface area (Å²) >= 11 is 6.07. The van der Waals surface area contributed by atoms with E-state index in [1.165, 1.54) is 5.56 Å². The van der Waals surface area contributed by atoms with Crippen LogP contribution in [0.1, 0.15) is 5.56 Å². The molecular formula is C26H19ClN4O. The molecule has 0 atom stereocenters. The molecule has 0 bridgehead atoms. The summed E-state index contributed by atoms with van der Waals surface area (Å²) < 4.78 is 6.11. The van der Waals surface area contributed by atoms with Crippen molar-refractivity contribution in [1.29, 1.82) is 0 Å².